The van der Waals surface area contributed by atoms with Gasteiger partial charge in [0.15, 0.2) is 5.82 Å². The molecule has 0 bridgehead atoms. The van der Waals surface area contributed by atoms with Gasteiger partial charge in [0.2, 0.25) is 0 Å². The fourth-order valence-electron chi connectivity index (χ4n) is 3.03. The summed E-state index contributed by atoms with van der Waals surface area (Å²) in [5.74, 6) is 0.877. The molecule has 0 fully saturated rings. The highest BCUT2D eigenvalue weighted by Gasteiger charge is 2.34. The number of rotatable bonds is 4. The number of imidazole rings is 1. The number of carbonyl (C=O) groups is 1. The number of pyridine rings is 2. The van der Waals surface area contributed by atoms with Gasteiger partial charge in [0.1, 0.15) is 17.1 Å². The number of nitrogens with zero attached hydrogens (tertiary/aromatic N) is 5. The maximum atomic E-state index is 13.2. The summed E-state index contributed by atoms with van der Waals surface area (Å²) in [6.07, 6.45) is -4.56. The molecule has 0 aromatic carbocycles. The van der Waals surface area contributed by atoms with Crippen molar-refractivity contribution in [1.82, 2.24) is 24.4 Å². The Morgan fingerprint density at radius 3 is 2.48 bits per heavy atom. The summed E-state index contributed by atoms with van der Waals surface area (Å²) in [6, 6.07) is 4.37. The molecule has 3 aromatic rings. The van der Waals surface area contributed by atoms with E-state index in [1.54, 1.807) is 37.8 Å². The average molecular weight is 423 g/mol. The zero-order chi connectivity index (χ0) is 21.5. The minimum Gasteiger partial charge on any atom is -0.343 e. The van der Waals surface area contributed by atoms with Gasteiger partial charge in [-0.2, -0.15) is 13.2 Å². The lowest BCUT2D eigenvalue weighted by molar-refractivity contribution is -0.141. The van der Waals surface area contributed by atoms with Crippen molar-refractivity contribution < 1.29 is 18.0 Å². The number of hydrogen-bond donors (Lipinski definition) is 0. The minimum atomic E-state index is -4.56. The molecule has 0 unspecified atom stereocenters. The van der Waals surface area contributed by atoms with E-state index < -0.39 is 11.9 Å². The summed E-state index contributed by atoms with van der Waals surface area (Å²) < 4.78 is 41.1. The lowest BCUT2D eigenvalue weighted by Crippen LogP contribution is -2.23. The van der Waals surface area contributed by atoms with Crippen LogP contribution in [0.4, 0.5) is 13.2 Å². The van der Waals surface area contributed by atoms with Crippen LogP contribution in [-0.2, 0) is 13.2 Å². The van der Waals surface area contributed by atoms with Crippen LogP contribution in [0.15, 0.2) is 23.1 Å². The molecule has 29 heavy (non-hydrogen) atoms. The van der Waals surface area contributed by atoms with Gasteiger partial charge in [-0.3, -0.25) is 4.79 Å². The van der Waals surface area contributed by atoms with Gasteiger partial charge < -0.3 is 9.47 Å². The fourth-order valence-corrected chi connectivity index (χ4v) is 3.78. The van der Waals surface area contributed by atoms with Crippen molar-refractivity contribution in [3.05, 3.63) is 35.3 Å². The van der Waals surface area contributed by atoms with E-state index in [4.69, 9.17) is 0 Å². The highest BCUT2D eigenvalue weighted by molar-refractivity contribution is 7.99. The number of hydrogen-bond acceptors (Lipinski definition) is 5. The molecule has 0 saturated heterocycles. The Morgan fingerprint density at radius 1 is 1.21 bits per heavy atom. The first kappa shape index (κ1) is 21.1. The molecule has 0 atom stereocenters. The maximum Gasteiger partial charge on any atom is 0.433 e. The normalized spacial score (nSPS) is 11.9. The fraction of sp³-hybridized carbons (Fsp3) is 0.368. The Morgan fingerprint density at radius 2 is 1.90 bits per heavy atom. The topological polar surface area (TPSA) is 63.9 Å². The number of amides is 1. The van der Waals surface area contributed by atoms with Gasteiger partial charge in [-0.1, -0.05) is 6.92 Å². The van der Waals surface area contributed by atoms with E-state index in [2.05, 4.69) is 15.0 Å². The van der Waals surface area contributed by atoms with E-state index in [0.717, 1.165) is 16.7 Å². The second-order valence-corrected chi connectivity index (χ2v) is 7.93. The molecule has 0 N–H and O–H groups in total. The summed E-state index contributed by atoms with van der Waals surface area (Å²) >= 11 is 1.52. The first-order valence-electron chi connectivity index (χ1n) is 8.81. The van der Waals surface area contributed by atoms with E-state index >= 15 is 0 Å². The van der Waals surface area contributed by atoms with Gasteiger partial charge in [0.05, 0.1) is 16.7 Å². The average Bonchev–Trinajstić information content (AvgIpc) is 2.98. The van der Waals surface area contributed by atoms with Crippen molar-refractivity contribution in [3.8, 4) is 11.5 Å². The van der Waals surface area contributed by atoms with E-state index in [9.17, 15) is 18.0 Å². The summed E-state index contributed by atoms with van der Waals surface area (Å²) in [5.41, 5.74) is 0.605. The second kappa shape index (κ2) is 7.66. The van der Waals surface area contributed by atoms with Crippen molar-refractivity contribution in [3.63, 3.8) is 0 Å². The molecule has 0 aliphatic heterocycles. The van der Waals surface area contributed by atoms with Crippen molar-refractivity contribution in [2.45, 2.75) is 24.9 Å². The Kier molecular flexibility index (Phi) is 5.57. The van der Waals surface area contributed by atoms with Crippen molar-refractivity contribution >= 4 is 28.7 Å². The molecule has 0 radical (unpaired) electrons. The summed E-state index contributed by atoms with van der Waals surface area (Å²) in [4.78, 5) is 27.2. The number of aryl methyl sites for hydroxylation is 2. The molecule has 154 valence electrons. The van der Waals surface area contributed by atoms with Crippen LogP contribution in [0.3, 0.4) is 0 Å². The molecule has 0 aliphatic carbocycles. The van der Waals surface area contributed by atoms with Crippen LogP contribution in [-0.4, -0.2) is 50.2 Å². The largest absolute Gasteiger partial charge is 0.433 e. The van der Waals surface area contributed by atoms with Gasteiger partial charge in [0.25, 0.3) is 5.91 Å². The molecular formula is C19H20F3N5OS. The van der Waals surface area contributed by atoms with Gasteiger partial charge in [-0.05, 0) is 30.9 Å². The monoisotopic (exact) mass is 423 g/mol. The first-order chi connectivity index (χ1) is 13.5. The molecule has 0 spiro atoms. The number of aromatic nitrogens is 4. The van der Waals surface area contributed by atoms with E-state index in [1.807, 2.05) is 6.92 Å². The zero-order valence-corrected chi connectivity index (χ0v) is 17.4. The Bertz CT molecular complexity index is 1090. The predicted molar refractivity (Wildman–Crippen MR) is 106 cm³/mol. The molecule has 10 heteroatoms. The third-order valence-corrected chi connectivity index (χ3v) is 5.24. The van der Waals surface area contributed by atoms with E-state index in [0.29, 0.717) is 17.0 Å². The molecule has 3 rings (SSSR count). The summed E-state index contributed by atoms with van der Waals surface area (Å²) in [5, 5.41) is 0. The number of thioether (sulfide) groups is 1. The number of alkyl halides is 3. The van der Waals surface area contributed by atoms with Crippen LogP contribution >= 0.6 is 11.8 Å². The molecule has 1 amide bonds. The highest BCUT2D eigenvalue weighted by atomic mass is 32.2. The second-order valence-electron chi connectivity index (χ2n) is 6.63. The number of halogens is 3. The van der Waals surface area contributed by atoms with Crippen LogP contribution in [0.25, 0.3) is 22.6 Å². The summed E-state index contributed by atoms with van der Waals surface area (Å²) in [6.45, 7) is 3.50. The third-order valence-electron chi connectivity index (χ3n) is 4.31. The Hall–Kier alpha value is -2.62. The molecule has 6 nitrogen and oxygen atoms in total. The Labute approximate surface area is 170 Å². The third kappa shape index (κ3) is 3.93. The van der Waals surface area contributed by atoms with Crippen molar-refractivity contribution in [2.75, 3.05) is 19.8 Å². The lowest BCUT2D eigenvalue weighted by Gasteiger charge is -2.13. The van der Waals surface area contributed by atoms with Crippen LogP contribution in [0.1, 0.15) is 28.8 Å². The standard InChI is InChI=1S/C19H20F3N5OS/c1-6-29-13-8-7-11(18(28)26(3)4)24-15(13)17-25-12-9-14(19(20,21)22)23-10(2)16(12)27(17)5/h7-9H,6H2,1-5H3. The molecule has 0 aliphatic rings. The quantitative estimate of drug-likeness (QED) is 0.590. The van der Waals surface area contributed by atoms with E-state index in [1.165, 1.54) is 23.6 Å². The maximum absolute atomic E-state index is 13.2. The molecule has 3 heterocycles. The van der Waals surface area contributed by atoms with Gasteiger partial charge >= 0.3 is 6.18 Å². The minimum absolute atomic E-state index is 0.181. The van der Waals surface area contributed by atoms with Crippen LogP contribution in [0.2, 0.25) is 0 Å². The van der Waals surface area contributed by atoms with E-state index in [-0.39, 0.29) is 22.8 Å². The summed E-state index contributed by atoms with van der Waals surface area (Å²) in [7, 11) is 4.96. The van der Waals surface area contributed by atoms with Crippen LogP contribution in [0, 0.1) is 6.92 Å². The van der Waals surface area contributed by atoms with Gasteiger partial charge in [-0.25, -0.2) is 15.0 Å². The SMILES string of the molecule is CCSc1ccc(C(=O)N(C)C)nc1-c1nc2cc(C(F)(F)F)nc(C)c2n1C. The molecular weight excluding hydrogens is 403 g/mol. The smallest absolute Gasteiger partial charge is 0.343 e. The van der Waals surface area contributed by atoms with Crippen molar-refractivity contribution in [2.24, 2.45) is 7.05 Å². The zero-order valence-electron chi connectivity index (χ0n) is 16.6. The van der Waals surface area contributed by atoms with Crippen LogP contribution < -0.4 is 0 Å². The van der Waals surface area contributed by atoms with Gasteiger partial charge in [-0.15, -0.1) is 11.8 Å². The number of fused-ring (bicyclic) bond motifs is 1. The first-order valence-corrected chi connectivity index (χ1v) is 9.80. The predicted octanol–water partition coefficient (Wildman–Crippen LogP) is 4.17. The number of carbonyl (C=O) groups excluding carboxylic acids is 1. The molecule has 3 aromatic heterocycles. The lowest BCUT2D eigenvalue weighted by atomic mass is 10.2. The Balaban J connectivity index is 2.26. The van der Waals surface area contributed by atoms with Gasteiger partial charge in [0, 0.05) is 26.0 Å². The van der Waals surface area contributed by atoms with Crippen molar-refractivity contribution in [1.29, 1.82) is 0 Å². The van der Waals surface area contributed by atoms with Crippen LogP contribution in [0.5, 0.6) is 0 Å². The highest BCUT2D eigenvalue weighted by Crippen LogP contribution is 2.34. The molecule has 0 saturated carbocycles.